The Balaban J connectivity index is 2.25. The standard InChI is InChI=1S/C21H29N/c1-6-7-13-22-14-12-19-10-8-9-11-20(19)21-17(4)15(2)16(3)18(21)5/h8-11,14,17H,6-7,12-13H2,1-5H3. The van der Waals surface area contributed by atoms with Gasteiger partial charge in [0.2, 0.25) is 0 Å². The summed E-state index contributed by atoms with van der Waals surface area (Å²) in [4.78, 5) is 4.54. The Morgan fingerprint density at radius 2 is 1.82 bits per heavy atom. The fourth-order valence-corrected chi connectivity index (χ4v) is 3.26. The van der Waals surface area contributed by atoms with Crippen LogP contribution < -0.4 is 0 Å². The van der Waals surface area contributed by atoms with E-state index < -0.39 is 0 Å². The molecule has 0 fully saturated rings. The van der Waals surface area contributed by atoms with Gasteiger partial charge in [0, 0.05) is 25.1 Å². The van der Waals surface area contributed by atoms with Crippen molar-refractivity contribution in [1.29, 1.82) is 0 Å². The first-order valence-corrected chi connectivity index (χ1v) is 8.53. The maximum absolute atomic E-state index is 4.54. The fraction of sp³-hybridized carbons (Fsp3) is 0.476. The van der Waals surface area contributed by atoms with Gasteiger partial charge in [0.15, 0.2) is 0 Å². The summed E-state index contributed by atoms with van der Waals surface area (Å²) in [6.07, 6.45) is 5.42. The molecule has 0 N–H and O–H groups in total. The quantitative estimate of drug-likeness (QED) is 0.460. The second kappa shape index (κ2) is 7.58. The van der Waals surface area contributed by atoms with Crippen molar-refractivity contribution in [3.63, 3.8) is 0 Å². The zero-order valence-electron chi connectivity index (χ0n) is 14.7. The van der Waals surface area contributed by atoms with Gasteiger partial charge in [-0.2, -0.15) is 0 Å². The van der Waals surface area contributed by atoms with Crippen molar-refractivity contribution in [3.8, 4) is 0 Å². The van der Waals surface area contributed by atoms with Crippen molar-refractivity contribution in [2.24, 2.45) is 10.9 Å². The van der Waals surface area contributed by atoms with Gasteiger partial charge in [-0.1, -0.05) is 50.1 Å². The average molecular weight is 295 g/mol. The molecular formula is C21H29N. The molecule has 1 aromatic carbocycles. The predicted molar refractivity (Wildman–Crippen MR) is 98.5 cm³/mol. The van der Waals surface area contributed by atoms with E-state index in [0.29, 0.717) is 5.92 Å². The molecule has 0 aromatic heterocycles. The first-order chi connectivity index (χ1) is 10.6. The molecule has 0 amide bonds. The van der Waals surface area contributed by atoms with Crippen molar-refractivity contribution in [2.45, 2.75) is 53.9 Å². The Hall–Kier alpha value is -1.63. The molecule has 0 spiro atoms. The molecule has 1 aliphatic rings. The van der Waals surface area contributed by atoms with Crippen molar-refractivity contribution >= 4 is 11.8 Å². The first-order valence-electron chi connectivity index (χ1n) is 8.53. The summed E-state index contributed by atoms with van der Waals surface area (Å²) < 4.78 is 0. The molecule has 118 valence electrons. The zero-order chi connectivity index (χ0) is 16.1. The van der Waals surface area contributed by atoms with Gasteiger partial charge in [-0.05, 0) is 55.0 Å². The number of unbranched alkanes of at least 4 members (excludes halogenated alkanes) is 1. The number of nitrogens with zero attached hydrogens (tertiary/aromatic N) is 1. The number of rotatable bonds is 6. The first kappa shape index (κ1) is 16.7. The topological polar surface area (TPSA) is 12.4 Å². The van der Waals surface area contributed by atoms with Gasteiger partial charge in [0.1, 0.15) is 0 Å². The summed E-state index contributed by atoms with van der Waals surface area (Å²) in [5.74, 6) is 0.526. The van der Waals surface area contributed by atoms with E-state index in [4.69, 9.17) is 0 Å². The van der Waals surface area contributed by atoms with E-state index in [0.717, 1.165) is 13.0 Å². The lowest BCUT2D eigenvalue weighted by Crippen LogP contribution is -2.01. The van der Waals surface area contributed by atoms with E-state index in [9.17, 15) is 0 Å². The minimum absolute atomic E-state index is 0.526. The van der Waals surface area contributed by atoms with Crippen LogP contribution in [0.5, 0.6) is 0 Å². The van der Waals surface area contributed by atoms with Gasteiger partial charge in [-0.25, -0.2) is 0 Å². The molecule has 1 atom stereocenters. The van der Waals surface area contributed by atoms with Crippen LogP contribution in [0.2, 0.25) is 0 Å². The predicted octanol–water partition coefficient (Wildman–Crippen LogP) is 5.86. The van der Waals surface area contributed by atoms with Gasteiger partial charge in [-0.15, -0.1) is 0 Å². The number of benzene rings is 1. The lowest BCUT2D eigenvalue weighted by molar-refractivity contribution is 0.809. The Morgan fingerprint density at radius 3 is 2.45 bits per heavy atom. The Morgan fingerprint density at radius 1 is 1.09 bits per heavy atom. The Bertz CT molecular complexity index is 617. The number of hydrogen-bond donors (Lipinski definition) is 0. The summed E-state index contributed by atoms with van der Waals surface area (Å²) in [5.41, 5.74) is 8.75. The summed E-state index contributed by atoms with van der Waals surface area (Å²) in [6, 6.07) is 8.82. The molecule has 0 radical (unpaired) electrons. The van der Waals surface area contributed by atoms with E-state index in [-0.39, 0.29) is 0 Å². The van der Waals surface area contributed by atoms with Crippen LogP contribution in [0.15, 0.2) is 46.0 Å². The van der Waals surface area contributed by atoms with Crippen LogP contribution in [0.4, 0.5) is 0 Å². The molecular weight excluding hydrogens is 266 g/mol. The van der Waals surface area contributed by atoms with Crippen molar-refractivity contribution < 1.29 is 0 Å². The highest BCUT2D eigenvalue weighted by atomic mass is 14.7. The molecule has 1 aliphatic carbocycles. The van der Waals surface area contributed by atoms with Gasteiger partial charge >= 0.3 is 0 Å². The highest BCUT2D eigenvalue weighted by molar-refractivity contribution is 5.82. The SMILES string of the molecule is CCCCN=CCc1ccccc1C1=C(C)C(C)=C(C)C1C. The average Bonchev–Trinajstić information content (AvgIpc) is 2.71. The molecule has 22 heavy (non-hydrogen) atoms. The molecule has 0 bridgehead atoms. The van der Waals surface area contributed by atoms with E-state index in [1.807, 2.05) is 0 Å². The van der Waals surface area contributed by atoms with Crippen LogP contribution in [0.25, 0.3) is 5.57 Å². The minimum Gasteiger partial charge on any atom is -0.297 e. The fourth-order valence-electron chi connectivity index (χ4n) is 3.26. The third-order valence-electron chi connectivity index (χ3n) is 5.03. The van der Waals surface area contributed by atoms with Crippen LogP contribution in [0, 0.1) is 5.92 Å². The van der Waals surface area contributed by atoms with Gasteiger partial charge in [0.25, 0.3) is 0 Å². The molecule has 0 saturated heterocycles. The monoisotopic (exact) mass is 295 g/mol. The summed E-state index contributed by atoms with van der Waals surface area (Å²) in [5, 5.41) is 0. The van der Waals surface area contributed by atoms with Gasteiger partial charge < -0.3 is 0 Å². The maximum Gasteiger partial charge on any atom is 0.0385 e. The van der Waals surface area contributed by atoms with Crippen LogP contribution in [-0.2, 0) is 6.42 Å². The minimum atomic E-state index is 0.526. The van der Waals surface area contributed by atoms with Gasteiger partial charge in [-0.3, -0.25) is 4.99 Å². The summed E-state index contributed by atoms with van der Waals surface area (Å²) >= 11 is 0. The third kappa shape index (κ3) is 3.40. The molecule has 0 heterocycles. The molecule has 1 nitrogen and oxygen atoms in total. The van der Waals surface area contributed by atoms with E-state index >= 15 is 0 Å². The molecule has 1 heteroatoms. The normalized spacial score (nSPS) is 18.9. The van der Waals surface area contributed by atoms with Crippen molar-refractivity contribution in [3.05, 3.63) is 52.1 Å². The second-order valence-electron chi connectivity index (χ2n) is 6.37. The Kier molecular flexibility index (Phi) is 5.76. The lowest BCUT2D eigenvalue weighted by Gasteiger charge is -2.16. The van der Waals surface area contributed by atoms with Crippen LogP contribution >= 0.6 is 0 Å². The van der Waals surface area contributed by atoms with E-state index in [1.165, 1.54) is 46.3 Å². The molecule has 2 rings (SSSR count). The number of aliphatic imine (C=N–C) groups is 1. The molecule has 0 saturated carbocycles. The van der Waals surface area contributed by atoms with E-state index in [2.05, 4.69) is 70.1 Å². The number of hydrogen-bond acceptors (Lipinski definition) is 1. The lowest BCUT2D eigenvalue weighted by atomic mass is 9.88. The van der Waals surface area contributed by atoms with Crippen LogP contribution in [-0.4, -0.2) is 12.8 Å². The highest BCUT2D eigenvalue weighted by Crippen LogP contribution is 2.43. The van der Waals surface area contributed by atoms with Gasteiger partial charge in [0.05, 0.1) is 0 Å². The molecule has 1 unspecified atom stereocenters. The number of allylic oxidation sites excluding steroid dienone is 4. The van der Waals surface area contributed by atoms with Crippen LogP contribution in [0.1, 0.15) is 58.6 Å². The largest absolute Gasteiger partial charge is 0.297 e. The maximum atomic E-state index is 4.54. The molecule has 0 aliphatic heterocycles. The summed E-state index contributed by atoms with van der Waals surface area (Å²) in [7, 11) is 0. The second-order valence-corrected chi connectivity index (χ2v) is 6.37. The smallest absolute Gasteiger partial charge is 0.0385 e. The van der Waals surface area contributed by atoms with Crippen molar-refractivity contribution in [2.75, 3.05) is 6.54 Å². The van der Waals surface area contributed by atoms with E-state index in [1.54, 1.807) is 0 Å². The van der Waals surface area contributed by atoms with Crippen LogP contribution in [0.3, 0.4) is 0 Å². The zero-order valence-corrected chi connectivity index (χ0v) is 14.7. The van der Waals surface area contributed by atoms with Crippen molar-refractivity contribution in [1.82, 2.24) is 0 Å². The highest BCUT2D eigenvalue weighted by Gasteiger charge is 2.25. The third-order valence-corrected chi connectivity index (χ3v) is 5.03. The Labute approximate surface area is 135 Å². The molecule has 1 aromatic rings. The summed E-state index contributed by atoms with van der Waals surface area (Å²) in [6.45, 7) is 12.3.